The van der Waals surface area contributed by atoms with Crippen molar-refractivity contribution in [2.45, 2.75) is 26.2 Å². The van der Waals surface area contributed by atoms with E-state index in [9.17, 15) is 0 Å². The molecule has 0 aliphatic rings. The van der Waals surface area contributed by atoms with Gasteiger partial charge in [0.05, 0.1) is 0 Å². The highest BCUT2D eigenvalue weighted by atomic mass is 15.1. The smallest absolute Gasteiger partial charge is 0.0462 e. The molecule has 0 N–H and O–H groups in total. The molecule has 0 unspecified atom stereocenters. The van der Waals surface area contributed by atoms with Gasteiger partial charge in [-0.05, 0) is 91.5 Å². The van der Waals surface area contributed by atoms with Crippen LogP contribution < -0.4 is 4.90 Å². The molecule has 7 rings (SSSR count). The average molecular weight is 580 g/mol. The molecule has 0 saturated carbocycles. The third-order valence-corrected chi connectivity index (χ3v) is 8.65. The van der Waals surface area contributed by atoms with E-state index in [0.717, 1.165) is 17.1 Å². The first-order valence-electron chi connectivity index (χ1n) is 15.7. The van der Waals surface area contributed by atoms with Crippen LogP contribution in [0.5, 0.6) is 0 Å². The Kier molecular flexibility index (Phi) is 7.53. The number of hydrogen-bond donors (Lipinski definition) is 0. The van der Waals surface area contributed by atoms with E-state index in [1.807, 2.05) is 0 Å². The van der Waals surface area contributed by atoms with E-state index in [1.54, 1.807) is 0 Å². The molecule has 218 valence electrons. The summed E-state index contributed by atoms with van der Waals surface area (Å²) in [5.74, 6) is 0. The van der Waals surface area contributed by atoms with Gasteiger partial charge in [0.15, 0.2) is 0 Å². The van der Waals surface area contributed by atoms with Gasteiger partial charge in [-0.3, -0.25) is 0 Å². The third-order valence-electron chi connectivity index (χ3n) is 8.65. The van der Waals surface area contributed by atoms with Gasteiger partial charge >= 0.3 is 0 Å². The van der Waals surface area contributed by atoms with Gasteiger partial charge in [0, 0.05) is 17.1 Å². The first-order valence-corrected chi connectivity index (χ1v) is 15.7. The highest BCUT2D eigenvalue weighted by Gasteiger charge is 2.16. The third kappa shape index (κ3) is 5.90. The molecule has 7 aromatic rings. The van der Waals surface area contributed by atoms with Crippen LogP contribution in [-0.2, 0) is 5.41 Å². The summed E-state index contributed by atoms with van der Waals surface area (Å²) in [6.07, 6.45) is 0. The number of benzene rings is 7. The fourth-order valence-corrected chi connectivity index (χ4v) is 6.11. The Balaban J connectivity index is 1.18. The highest BCUT2D eigenvalue weighted by molar-refractivity contribution is 5.96. The number of rotatable bonds is 6. The Morgan fingerprint density at radius 2 is 0.867 bits per heavy atom. The zero-order chi connectivity index (χ0) is 30.8. The highest BCUT2D eigenvalue weighted by Crippen LogP contribution is 2.37. The van der Waals surface area contributed by atoms with Gasteiger partial charge in [-0.2, -0.15) is 0 Å². The van der Waals surface area contributed by atoms with Gasteiger partial charge in [0.1, 0.15) is 0 Å². The van der Waals surface area contributed by atoms with E-state index in [1.165, 1.54) is 49.7 Å². The topological polar surface area (TPSA) is 3.24 Å². The average Bonchev–Trinajstić information content (AvgIpc) is 3.09. The number of hydrogen-bond acceptors (Lipinski definition) is 1. The van der Waals surface area contributed by atoms with Gasteiger partial charge in [-0.25, -0.2) is 0 Å². The van der Waals surface area contributed by atoms with Gasteiger partial charge in [-0.1, -0.05) is 154 Å². The van der Waals surface area contributed by atoms with E-state index in [0.29, 0.717) is 0 Å². The van der Waals surface area contributed by atoms with Gasteiger partial charge < -0.3 is 4.90 Å². The lowest BCUT2D eigenvalue weighted by Crippen LogP contribution is -2.10. The monoisotopic (exact) mass is 579 g/mol. The van der Waals surface area contributed by atoms with Crippen LogP contribution in [0, 0.1) is 0 Å². The predicted octanol–water partition coefficient (Wildman–Crippen LogP) is 12.6. The molecule has 1 nitrogen and oxygen atoms in total. The van der Waals surface area contributed by atoms with Gasteiger partial charge in [0.25, 0.3) is 0 Å². The van der Waals surface area contributed by atoms with Crippen LogP contribution >= 0.6 is 0 Å². The molecule has 0 aliphatic carbocycles. The molecule has 0 atom stereocenters. The van der Waals surface area contributed by atoms with Crippen molar-refractivity contribution < 1.29 is 0 Å². The Morgan fingerprint density at radius 3 is 1.51 bits per heavy atom. The standard InChI is InChI=1S/C44H37N/c1-44(2,3)38-14-9-13-37(31-38)34-25-29-41(30-26-34)45(39-15-5-4-6-16-39)40-27-23-33(24-28-40)32-19-21-36(22-20-32)43-18-10-12-35-11-7-8-17-42(35)43/h4-31H,1-3H3. The van der Waals surface area contributed by atoms with Crippen LogP contribution in [0.3, 0.4) is 0 Å². The number of para-hydroxylation sites is 1. The summed E-state index contributed by atoms with van der Waals surface area (Å²) < 4.78 is 0. The van der Waals surface area contributed by atoms with E-state index in [4.69, 9.17) is 0 Å². The van der Waals surface area contributed by atoms with Crippen molar-refractivity contribution in [3.8, 4) is 33.4 Å². The lowest BCUT2D eigenvalue weighted by Gasteiger charge is -2.26. The van der Waals surface area contributed by atoms with Crippen LogP contribution in [0.2, 0.25) is 0 Å². The van der Waals surface area contributed by atoms with Gasteiger partial charge in [0.2, 0.25) is 0 Å². The van der Waals surface area contributed by atoms with E-state index >= 15 is 0 Å². The van der Waals surface area contributed by atoms with Crippen LogP contribution in [0.15, 0.2) is 170 Å². The van der Waals surface area contributed by atoms with Crippen molar-refractivity contribution in [3.63, 3.8) is 0 Å². The zero-order valence-electron chi connectivity index (χ0n) is 26.1. The van der Waals surface area contributed by atoms with Crippen LogP contribution in [0.25, 0.3) is 44.2 Å². The number of fused-ring (bicyclic) bond motifs is 1. The van der Waals surface area contributed by atoms with Crippen molar-refractivity contribution in [1.29, 1.82) is 0 Å². The minimum atomic E-state index is 0.116. The Morgan fingerprint density at radius 1 is 0.378 bits per heavy atom. The Labute approximate surface area is 267 Å². The molecule has 0 aliphatic heterocycles. The molecule has 7 aromatic carbocycles. The second kappa shape index (κ2) is 11.9. The lowest BCUT2D eigenvalue weighted by molar-refractivity contribution is 0.590. The van der Waals surface area contributed by atoms with Crippen molar-refractivity contribution in [3.05, 3.63) is 175 Å². The molecule has 0 fully saturated rings. The maximum Gasteiger partial charge on any atom is 0.0462 e. The molecule has 45 heavy (non-hydrogen) atoms. The van der Waals surface area contributed by atoms with Crippen molar-refractivity contribution in [2.24, 2.45) is 0 Å². The Bertz CT molecular complexity index is 2040. The summed E-state index contributed by atoms with van der Waals surface area (Å²) in [4.78, 5) is 2.32. The quantitative estimate of drug-likeness (QED) is 0.189. The molecular weight excluding hydrogens is 542 g/mol. The zero-order valence-corrected chi connectivity index (χ0v) is 26.1. The summed E-state index contributed by atoms with van der Waals surface area (Å²) in [5.41, 5.74) is 12.2. The fourth-order valence-electron chi connectivity index (χ4n) is 6.11. The second-order valence-corrected chi connectivity index (χ2v) is 12.7. The molecule has 1 heteroatoms. The summed E-state index contributed by atoms with van der Waals surface area (Å²) >= 11 is 0. The SMILES string of the molecule is CC(C)(C)c1cccc(-c2ccc(N(c3ccccc3)c3ccc(-c4ccc(-c5cccc6ccccc56)cc4)cc3)cc2)c1. The van der Waals surface area contributed by atoms with E-state index in [-0.39, 0.29) is 5.41 Å². The summed E-state index contributed by atoms with van der Waals surface area (Å²) in [6, 6.07) is 61.4. The maximum atomic E-state index is 2.32. The largest absolute Gasteiger partial charge is 0.311 e. The molecule has 0 saturated heterocycles. The van der Waals surface area contributed by atoms with Crippen molar-refractivity contribution >= 4 is 27.8 Å². The summed E-state index contributed by atoms with van der Waals surface area (Å²) in [7, 11) is 0. The minimum absolute atomic E-state index is 0.116. The molecule has 0 radical (unpaired) electrons. The predicted molar refractivity (Wildman–Crippen MR) is 194 cm³/mol. The van der Waals surface area contributed by atoms with E-state index < -0.39 is 0 Å². The second-order valence-electron chi connectivity index (χ2n) is 12.7. The summed E-state index contributed by atoms with van der Waals surface area (Å²) in [6.45, 7) is 6.79. The maximum absolute atomic E-state index is 2.32. The van der Waals surface area contributed by atoms with Gasteiger partial charge in [-0.15, -0.1) is 0 Å². The number of nitrogens with zero attached hydrogens (tertiary/aromatic N) is 1. The fraction of sp³-hybridized carbons (Fsp3) is 0.0909. The van der Waals surface area contributed by atoms with Crippen LogP contribution in [0.4, 0.5) is 17.1 Å². The van der Waals surface area contributed by atoms with Crippen LogP contribution in [-0.4, -0.2) is 0 Å². The molecule has 0 amide bonds. The van der Waals surface area contributed by atoms with Crippen molar-refractivity contribution in [1.82, 2.24) is 0 Å². The molecule has 0 heterocycles. The molecular formula is C44H37N. The summed E-state index contributed by atoms with van der Waals surface area (Å²) in [5, 5.41) is 2.55. The normalized spacial score (nSPS) is 11.4. The Hall–Kier alpha value is -5.40. The van der Waals surface area contributed by atoms with E-state index in [2.05, 4.69) is 196 Å². The first-order chi connectivity index (χ1) is 21.9. The first kappa shape index (κ1) is 28.4. The molecule has 0 aromatic heterocycles. The molecule has 0 spiro atoms. The molecule has 0 bridgehead atoms. The van der Waals surface area contributed by atoms with Crippen LogP contribution in [0.1, 0.15) is 26.3 Å². The minimum Gasteiger partial charge on any atom is -0.311 e. The lowest BCUT2D eigenvalue weighted by atomic mass is 9.85. The van der Waals surface area contributed by atoms with Crippen molar-refractivity contribution in [2.75, 3.05) is 4.90 Å². The number of anilines is 3.